The molecule has 1 heterocycles. The van der Waals surface area contributed by atoms with E-state index in [0.29, 0.717) is 12.4 Å². The van der Waals surface area contributed by atoms with Gasteiger partial charge >= 0.3 is 5.69 Å². The third-order valence-electron chi connectivity index (χ3n) is 5.25. The SMILES string of the molecule is CCN(C)C(CNCCN(CC)C1=CC(Cl)CC=C1)=Nc1cc(=O)n(C)c(=O)n1C. The molecule has 9 heteroatoms. The molecule has 1 aliphatic rings. The Balaban J connectivity index is 2.08. The van der Waals surface area contributed by atoms with Gasteiger partial charge < -0.3 is 15.1 Å². The minimum absolute atomic E-state index is 0.0502. The van der Waals surface area contributed by atoms with Gasteiger partial charge in [-0.1, -0.05) is 6.08 Å². The lowest BCUT2D eigenvalue weighted by Crippen LogP contribution is -2.40. The Kier molecular flexibility index (Phi) is 8.92. The largest absolute Gasteiger partial charge is 0.371 e. The number of allylic oxidation sites excluding steroid dienone is 3. The van der Waals surface area contributed by atoms with Crippen LogP contribution in [0.1, 0.15) is 20.3 Å². The first-order valence-electron chi connectivity index (χ1n) is 10.3. The summed E-state index contributed by atoms with van der Waals surface area (Å²) in [5.41, 5.74) is 0.395. The monoisotopic (exact) mass is 436 g/mol. The second-order valence-corrected chi connectivity index (χ2v) is 7.85. The Morgan fingerprint density at radius 3 is 2.63 bits per heavy atom. The molecule has 0 bridgehead atoms. The highest BCUT2D eigenvalue weighted by molar-refractivity contribution is 6.22. The van der Waals surface area contributed by atoms with Crippen LogP contribution in [0.2, 0.25) is 0 Å². The highest BCUT2D eigenvalue weighted by Gasteiger charge is 2.12. The Morgan fingerprint density at radius 1 is 1.27 bits per heavy atom. The molecule has 0 aromatic carbocycles. The summed E-state index contributed by atoms with van der Waals surface area (Å²) in [6, 6.07) is 1.38. The summed E-state index contributed by atoms with van der Waals surface area (Å²) in [7, 11) is 5.02. The average molecular weight is 437 g/mol. The average Bonchev–Trinajstić information content (AvgIpc) is 2.74. The van der Waals surface area contributed by atoms with E-state index in [1.807, 2.05) is 18.9 Å². The quantitative estimate of drug-likeness (QED) is 0.274. The molecule has 1 aromatic rings. The first-order valence-corrected chi connectivity index (χ1v) is 10.8. The van der Waals surface area contributed by atoms with E-state index in [4.69, 9.17) is 11.6 Å². The zero-order valence-electron chi connectivity index (χ0n) is 18.6. The lowest BCUT2D eigenvalue weighted by atomic mass is 10.1. The lowest BCUT2D eigenvalue weighted by molar-refractivity contribution is 0.368. The predicted octanol–water partition coefficient (Wildman–Crippen LogP) is 1.43. The number of nitrogens with zero attached hydrogens (tertiary/aromatic N) is 5. The second kappa shape index (κ2) is 11.2. The van der Waals surface area contributed by atoms with Crippen molar-refractivity contribution in [1.29, 1.82) is 0 Å². The fourth-order valence-electron chi connectivity index (χ4n) is 3.13. The van der Waals surface area contributed by atoms with E-state index >= 15 is 0 Å². The van der Waals surface area contributed by atoms with Gasteiger partial charge in [0.2, 0.25) is 0 Å². The number of hydrogen-bond acceptors (Lipinski definition) is 5. The number of likely N-dealkylation sites (N-methyl/N-ethyl adjacent to an activating group) is 2. The minimum Gasteiger partial charge on any atom is -0.371 e. The third-order valence-corrected chi connectivity index (χ3v) is 5.55. The van der Waals surface area contributed by atoms with E-state index in [1.165, 1.54) is 17.7 Å². The summed E-state index contributed by atoms with van der Waals surface area (Å²) in [5.74, 6) is 1.11. The Hall–Kier alpha value is -2.32. The van der Waals surface area contributed by atoms with Crippen LogP contribution in [-0.4, -0.2) is 69.9 Å². The van der Waals surface area contributed by atoms with Crippen molar-refractivity contribution in [3.63, 3.8) is 0 Å². The number of nitrogens with one attached hydrogen (secondary N) is 1. The molecule has 30 heavy (non-hydrogen) atoms. The molecule has 1 aromatic heterocycles. The summed E-state index contributed by atoms with van der Waals surface area (Å²) in [6.45, 7) is 7.94. The van der Waals surface area contributed by atoms with Gasteiger partial charge in [0.25, 0.3) is 5.56 Å². The summed E-state index contributed by atoms with van der Waals surface area (Å²) in [5, 5.41) is 3.48. The topological polar surface area (TPSA) is 74.9 Å². The van der Waals surface area contributed by atoms with Crippen LogP contribution < -0.4 is 16.6 Å². The standard InChI is InChI=1S/C21H33ClN6O2/c1-6-25(3)19(24-18-14-20(29)27(5)21(30)26(18)4)15-23-11-12-28(7-2)17-10-8-9-16(22)13-17/h8,10,13-14,16,23H,6-7,9,11-12,15H2,1-5H3. The molecular formula is C21H33ClN6O2. The van der Waals surface area contributed by atoms with Gasteiger partial charge in [0, 0.05) is 59.1 Å². The van der Waals surface area contributed by atoms with E-state index in [-0.39, 0.29) is 10.9 Å². The molecule has 0 saturated heterocycles. The number of alkyl halides is 1. The van der Waals surface area contributed by atoms with Gasteiger partial charge in [-0.2, -0.15) is 0 Å². The van der Waals surface area contributed by atoms with Crippen LogP contribution in [0.25, 0.3) is 0 Å². The Labute approximate surface area is 183 Å². The molecule has 8 nitrogen and oxygen atoms in total. The third kappa shape index (κ3) is 6.09. The molecule has 2 rings (SSSR count). The maximum atomic E-state index is 12.2. The second-order valence-electron chi connectivity index (χ2n) is 7.29. The number of hydrogen-bond donors (Lipinski definition) is 1. The van der Waals surface area contributed by atoms with Gasteiger partial charge in [-0.3, -0.25) is 13.9 Å². The zero-order chi connectivity index (χ0) is 22.3. The van der Waals surface area contributed by atoms with Crippen LogP contribution in [0.5, 0.6) is 0 Å². The molecule has 0 saturated carbocycles. The normalized spacial score (nSPS) is 16.5. The number of rotatable bonds is 9. The first-order chi connectivity index (χ1) is 14.3. The van der Waals surface area contributed by atoms with E-state index in [1.54, 1.807) is 7.05 Å². The van der Waals surface area contributed by atoms with Crippen LogP contribution in [0.3, 0.4) is 0 Å². The molecular weight excluding hydrogens is 404 g/mol. The minimum atomic E-state index is -0.391. The highest BCUT2D eigenvalue weighted by Crippen LogP contribution is 2.18. The molecule has 0 fully saturated rings. The van der Waals surface area contributed by atoms with Crippen molar-refractivity contribution < 1.29 is 0 Å². The van der Waals surface area contributed by atoms with Gasteiger partial charge in [0.15, 0.2) is 0 Å². The number of halogens is 1. The van der Waals surface area contributed by atoms with Crippen molar-refractivity contribution in [2.45, 2.75) is 25.6 Å². The van der Waals surface area contributed by atoms with E-state index in [9.17, 15) is 9.59 Å². The van der Waals surface area contributed by atoms with Crippen LogP contribution >= 0.6 is 11.6 Å². The van der Waals surface area contributed by atoms with Crippen molar-refractivity contribution in [3.05, 3.63) is 50.8 Å². The maximum Gasteiger partial charge on any atom is 0.332 e. The summed E-state index contributed by atoms with van der Waals surface area (Å²) >= 11 is 6.25. The fourth-order valence-corrected chi connectivity index (χ4v) is 3.36. The summed E-state index contributed by atoms with van der Waals surface area (Å²) in [4.78, 5) is 33.1. The summed E-state index contributed by atoms with van der Waals surface area (Å²) < 4.78 is 2.45. The molecule has 0 aliphatic heterocycles. The van der Waals surface area contributed by atoms with E-state index in [0.717, 1.165) is 48.7 Å². The van der Waals surface area contributed by atoms with Crippen LogP contribution in [-0.2, 0) is 14.1 Å². The smallest absolute Gasteiger partial charge is 0.332 e. The first kappa shape index (κ1) is 24.0. The number of aliphatic imine (C=N–C) groups is 1. The summed E-state index contributed by atoms with van der Waals surface area (Å²) in [6.07, 6.45) is 7.20. The predicted molar refractivity (Wildman–Crippen MR) is 124 cm³/mol. The van der Waals surface area contributed by atoms with Gasteiger partial charge in [0.1, 0.15) is 11.7 Å². The molecule has 0 spiro atoms. The van der Waals surface area contributed by atoms with Crippen molar-refractivity contribution in [1.82, 2.24) is 24.3 Å². The van der Waals surface area contributed by atoms with Gasteiger partial charge in [-0.05, 0) is 32.4 Å². The molecule has 1 aliphatic carbocycles. The van der Waals surface area contributed by atoms with Crippen LogP contribution in [0, 0.1) is 0 Å². The van der Waals surface area contributed by atoms with Gasteiger partial charge in [-0.15, -0.1) is 11.6 Å². The highest BCUT2D eigenvalue weighted by atomic mass is 35.5. The zero-order valence-corrected chi connectivity index (χ0v) is 19.3. The van der Waals surface area contributed by atoms with Crippen molar-refractivity contribution in [2.75, 3.05) is 39.8 Å². The van der Waals surface area contributed by atoms with Gasteiger partial charge in [-0.25, -0.2) is 9.79 Å². The van der Waals surface area contributed by atoms with Crippen molar-refractivity contribution in [2.24, 2.45) is 19.1 Å². The van der Waals surface area contributed by atoms with Crippen LogP contribution in [0.15, 0.2) is 44.6 Å². The number of amidine groups is 1. The molecule has 0 radical (unpaired) electrons. The molecule has 1 unspecified atom stereocenters. The van der Waals surface area contributed by atoms with Crippen LogP contribution in [0.4, 0.5) is 5.82 Å². The Morgan fingerprint density at radius 2 is 2.00 bits per heavy atom. The van der Waals surface area contributed by atoms with E-state index in [2.05, 4.69) is 40.4 Å². The van der Waals surface area contributed by atoms with Crippen molar-refractivity contribution in [3.8, 4) is 0 Å². The fraction of sp³-hybridized carbons (Fsp3) is 0.571. The molecule has 166 valence electrons. The molecule has 1 atom stereocenters. The number of aromatic nitrogens is 2. The maximum absolute atomic E-state index is 12.2. The van der Waals surface area contributed by atoms with E-state index < -0.39 is 5.69 Å². The van der Waals surface area contributed by atoms with Crippen molar-refractivity contribution >= 4 is 23.3 Å². The Bertz CT molecular complexity index is 930. The molecule has 1 N–H and O–H groups in total. The molecule has 0 amide bonds. The lowest BCUT2D eigenvalue weighted by Gasteiger charge is -2.27. The van der Waals surface area contributed by atoms with Gasteiger partial charge in [0.05, 0.1) is 11.9 Å².